The van der Waals surface area contributed by atoms with Crippen molar-refractivity contribution in [3.63, 3.8) is 0 Å². The van der Waals surface area contributed by atoms with E-state index in [0.29, 0.717) is 11.6 Å². The van der Waals surface area contributed by atoms with Crippen LogP contribution in [0.5, 0.6) is 5.88 Å². The van der Waals surface area contributed by atoms with Gasteiger partial charge in [0.05, 0.1) is 12.6 Å². The van der Waals surface area contributed by atoms with Crippen molar-refractivity contribution in [3.05, 3.63) is 59.9 Å². The number of para-hydroxylation sites is 1. The van der Waals surface area contributed by atoms with E-state index in [1.165, 1.54) is 7.11 Å². The lowest BCUT2D eigenvalue weighted by atomic mass is 10.0. The maximum atomic E-state index is 12.3. The number of benzene rings is 1. The smallest absolute Gasteiger partial charge is 0.233 e. The maximum absolute atomic E-state index is 12.3. The molecule has 3 rings (SSSR count). The summed E-state index contributed by atoms with van der Waals surface area (Å²) in [6.07, 6.45) is 1.98. The number of hydrogen-bond donors (Lipinski definition) is 0. The van der Waals surface area contributed by atoms with Crippen LogP contribution < -0.4 is 4.74 Å². The van der Waals surface area contributed by atoms with Crippen LogP contribution in [-0.2, 0) is 6.42 Å². The topological polar surface area (TPSA) is 65.0 Å². The molecule has 0 atom stereocenters. The van der Waals surface area contributed by atoms with E-state index in [4.69, 9.17) is 4.74 Å². The van der Waals surface area contributed by atoms with Gasteiger partial charge in [0.25, 0.3) is 0 Å². The van der Waals surface area contributed by atoms with E-state index in [1.54, 1.807) is 18.3 Å². The van der Waals surface area contributed by atoms with Gasteiger partial charge in [0, 0.05) is 24.1 Å². The van der Waals surface area contributed by atoms with Crippen LogP contribution in [0.3, 0.4) is 0 Å². The number of aromatic nitrogens is 3. The number of fused-ring (bicyclic) bond motifs is 1. The summed E-state index contributed by atoms with van der Waals surface area (Å²) in [4.78, 5) is 16.6. The van der Waals surface area contributed by atoms with Gasteiger partial charge >= 0.3 is 0 Å². The molecule has 21 heavy (non-hydrogen) atoms. The lowest BCUT2D eigenvalue weighted by Crippen LogP contribution is -2.08. The number of carbonyl (C=O) groups is 1. The average Bonchev–Trinajstić information content (AvgIpc) is 2.55. The number of pyridine rings is 1. The molecule has 5 heteroatoms. The van der Waals surface area contributed by atoms with Crippen molar-refractivity contribution in [3.8, 4) is 5.88 Å². The molecule has 3 aromatic rings. The fourth-order valence-corrected chi connectivity index (χ4v) is 2.15. The van der Waals surface area contributed by atoms with E-state index in [1.807, 2.05) is 30.3 Å². The summed E-state index contributed by atoms with van der Waals surface area (Å²) < 4.78 is 4.93. The van der Waals surface area contributed by atoms with Gasteiger partial charge < -0.3 is 4.74 Å². The average molecular weight is 279 g/mol. The molecule has 0 aliphatic carbocycles. The zero-order chi connectivity index (χ0) is 14.7. The van der Waals surface area contributed by atoms with Crippen LogP contribution in [0, 0.1) is 0 Å². The summed E-state index contributed by atoms with van der Waals surface area (Å²) in [5.41, 5.74) is 2.14. The minimum Gasteiger partial charge on any atom is -0.480 e. The molecular weight excluding hydrogens is 266 g/mol. The van der Waals surface area contributed by atoms with Gasteiger partial charge in [-0.1, -0.05) is 18.2 Å². The molecule has 0 amide bonds. The molecule has 2 heterocycles. The largest absolute Gasteiger partial charge is 0.480 e. The van der Waals surface area contributed by atoms with Crippen molar-refractivity contribution in [2.45, 2.75) is 6.42 Å². The molecule has 0 fully saturated rings. The first-order valence-corrected chi connectivity index (χ1v) is 6.51. The van der Waals surface area contributed by atoms with Gasteiger partial charge in [0.1, 0.15) is 5.69 Å². The number of carbonyl (C=O) groups excluding carboxylic acids is 1. The fraction of sp³-hybridized carbons (Fsp3) is 0.125. The van der Waals surface area contributed by atoms with Crippen LogP contribution in [0.1, 0.15) is 16.1 Å². The second kappa shape index (κ2) is 5.66. The third kappa shape index (κ3) is 2.72. The molecule has 0 aliphatic rings. The van der Waals surface area contributed by atoms with E-state index in [-0.39, 0.29) is 12.2 Å². The molecule has 0 unspecified atom stereocenters. The minimum atomic E-state index is -0.0819. The minimum absolute atomic E-state index is 0.0819. The summed E-state index contributed by atoms with van der Waals surface area (Å²) in [6.45, 7) is 0. The highest BCUT2D eigenvalue weighted by Crippen LogP contribution is 2.18. The Labute approximate surface area is 121 Å². The molecule has 0 saturated heterocycles. The summed E-state index contributed by atoms with van der Waals surface area (Å²) in [5.74, 6) is 0.308. The van der Waals surface area contributed by atoms with Crippen LogP contribution in [0.2, 0.25) is 0 Å². The SMILES string of the molecule is COc1ccc(C(=O)Cc2ccnc3ccccc23)nn1. The first-order chi connectivity index (χ1) is 10.3. The van der Waals surface area contributed by atoms with Gasteiger partial charge in [-0.25, -0.2) is 0 Å². The highest BCUT2D eigenvalue weighted by molar-refractivity contribution is 5.98. The lowest BCUT2D eigenvalue weighted by Gasteiger charge is -2.05. The first-order valence-electron chi connectivity index (χ1n) is 6.51. The zero-order valence-corrected chi connectivity index (χ0v) is 11.5. The Morgan fingerprint density at radius 1 is 1.10 bits per heavy atom. The number of methoxy groups -OCH3 is 1. The zero-order valence-electron chi connectivity index (χ0n) is 11.5. The Bertz CT molecular complexity index is 780. The predicted molar refractivity (Wildman–Crippen MR) is 78.4 cm³/mol. The van der Waals surface area contributed by atoms with E-state index in [2.05, 4.69) is 15.2 Å². The van der Waals surface area contributed by atoms with Gasteiger partial charge in [-0.3, -0.25) is 9.78 Å². The first kappa shape index (κ1) is 13.2. The second-order valence-corrected chi connectivity index (χ2v) is 4.55. The summed E-state index contributed by atoms with van der Waals surface area (Å²) in [6, 6.07) is 12.9. The lowest BCUT2D eigenvalue weighted by molar-refractivity contribution is 0.0987. The number of ether oxygens (including phenoxy) is 1. The van der Waals surface area contributed by atoms with Crippen LogP contribution in [0.4, 0.5) is 0 Å². The molecule has 0 N–H and O–H groups in total. The van der Waals surface area contributed by atoms with Gasteiger partial charge in [-0.05, 0) is 23.8 Å². The Kier molecular flexibility index (Phi) is 3.55. The summed E-state index contributed by atoms with van der Waals surface area (Å²) in [7, 11) is 1.51. The van der Waals surface area contributed by atoms with Crippen molar-refractivity contribution >= 4 is 16.7 Å². The summed E-state index contributed by atoms with van der Waals surface area (Å²) in [5, 5.41) is 8.68. The number of nitrogens with zero attached hydrogens (tertiary/aromatic N) is 3. The number of hydrogen-bond acceptors (Lipinski definition) is 5. The Morgan fingerprint density at radius 3 is 2.71 bits per heavy atom. The number of Topliss-reactive ketones (excluding diaryl/α,β-unsaturated/α-hetero) is 1. The number of ketones is 1. The standard InChI is InChI=1S/C16H13N3O2/c1-21-16-7-6-14(18-19-16)15(20)10-11-8-9-17-13-5-3-2-4-12(11)13/h2-9H,10H2,1H3. The molecule has 0 saturated carbocycles. The number of rotatable bonds is 4. The van der Waals surface area contributed by atoms with Gasteiger partial charge in [-0.2, -0.15) is 0 Å². The molecule has 0 aliphatic heterocycles. The van der Waals surface area contributed by atoms with Crippen LogP contribution in [0.25, 0.3) is 10.9 Å². The molecule has 1 aromatic carbocycles. The van der Waals surface area contributed by atoms with Crippen LogP contribution in [-0.4, -0.2) is 28.1 Å². The molecule has 104 valence electrons. The third-order valence-electron chi connectivity index (χ3n) is 3.23. The van der Waals surface area contributed by atoms with Gasteiger partial charge in [-0.15, -0.1) is 10.2 Å². The monoisotopic (exact) mass is 279 g/mol. The summed E-state index contributed by atoms with van der Waals surface area (Å²) >= 11 is 0. The van der Waals surface area contributed by atoms with Crippen molar-refractivity contribution < 1.29 is 9.53 Å². The highest BCUT2D eigenvalue weighted by Gasteiger charge is 2.12. The molecule has 0 bridgehead atoms. The molecule has 0 radical (unpaired) electrons. The van der Waals surface area contributed by atoms with E-state index < -0.39 is 0 Å². The van der Waals surface area contributed by atoms with Crippen molar-refractivity contribution in [1.29, 1.82) is 0 Å². The van der Waals surface area contributed by atoms with Crippen LogP contribution >= 0.6 is 0 Å². The highest BCUT2D eigenvalue weighted by atomic mass is 16.5. The van der Waals surface area contributed by atoms with Crippen molar-refractivity contribution in [2.75, 3.05) is 7.11 Å². The van der Waals surface area contributed by atoms with E-state index in [9.17, 15) is 4.79 Å². The van der Waals surface area contributed by atoms with E-state index >= 15 is 0 Å². The van der Waals surface area contributed by atoms with Gasteiger partial charge in [0.2, 0.25) is 5.88 Å². The normalized spacial score (nSPS) is 10.5. The van der Waals surface area contributed by atoms with Crippen LogP contribution in [0.15, 0.2) is 48.7 Å². The maximum Gasteiger partial charge on any atom is 0.233 e. The quantitative estimate of drug-likeness (QED) is 0.686. The fourth-order valence-electron chi connectivity index (χ4n) is 2.15. The second-order valence-electron chi connectivity index (χ2n) is 4.55. The molecular formula is C16H13N3O2. The van der Waals surface area contributed by atoms with E-state index in [0.717, 1.165) is 16.5 Å². The Balaban J connectivity index is 1.89. The Hall–Kier alpha value is -2.82. The van der Waals surface area contributed by atoms with Gasteiger partial charge in [0.15, 0.2) is 5.78 Å². The van der Waals surface area contributed by atoms with Crippen molar-refractivity contribution in [1.82, 2.24) is 15.2 Å². The molecule has 2 aromatic heterocycles. The molecule has 0 spiro atoms. The molecule has 5 nitrogen and oxygen atoms in total. The third-order valence-corrected chi connectivity index (χ3v) is 3.23. The van der Waals surface area contributed by atoms with Crippen molar-refractivity contribution in [2.24, 2.45) is 0 Å². The predicted octanol–water partition coefficient (Wildman–Crippen LogP) is 2.46. The Morgan fingerprint density at radius 2 is 1.95 bits per heavy atom.